The van der Waals surface area contributed by atoms with Gasteiger partial charge in [0.2, 0.25) is 0 Å². The number of fused-ring (bicyclic) bond motifs is 4. The molecule has 3 fully saturated rings. The lowest BCUT2D eigenvalue weighted by atomic mass is 9.72. The van der Waals surface area contributed by atoms with Crippen LogP contribution in [0.4, 0.5) is 0 Å². The van der Waals surface area contributed by atoms with Gasteiger partial charge in [0.05, 0.1) is 4.88 Å². The van der Waals surface area contributed by atoms with Gasteiger partial charge in [-0.15, -0.1) is 11.3 Å². The summed E-state index contributed by atoms with van der Waals surface area (Å²) in [6.45, 7) is 6.83. The van der Waals surface area contributed by atoms with Gasteiger partial charge in [-0.25, -0.2) is 0 Å². The summed E-state index contributed by atoms with van der Waals surface area (Å²) in [5.74, 6) is 0.650. The average molecular weight is 349 g/mol. The number of carbonyl (C=O) groups excluding carboxylic acids is 1. The third-order valence-electron chi connectivity index (χ3n) is 5.58. The van der Waals surface area contributed by atoms with E-state index >= 15 is 0 Å². The third-order valence-corrected chi connectivity index (χ3v) is 6.91. The molecule has 1 atom stereocenters. The van der Waals surface area contributed by atoms with Crippen molar-refractivity contribution in [3.8, 4) is 0 Å². The summed E-state index contributed by atoms with van der Waals surface area (Å²) >= 11 is 7.56. The first-order chi connectivity index (χ1) is 10.9. The topological polar surface area (TPSA) is 32.3 Å². The first-order valence-corrected chi connectivity index (χ1v) is 9.39. The standard InChI is InChI=1S/C18H21ClN2OS/c1-18(2)16(11-5-7-21(18)8-6-11)20-17(22)15-9-12-3-4-13(19)10-14(12)23-15/h3-4,9-11,16H,5-8H2,1-2H3,(H,20,22). The molecular formula is C18H21ClN2OS. The first kappa shape index (κ1) is 15.4. The molecule has 3 aliphatic rings. The Bertz CT molecular complexity index is 761. The number of rotatable bonds is 2. The molecular weight excluding hydrogens is 328 g/mol. The van der Waals surface area contributed by atoms with Gasteiger partial charge < -0.3 is 5.32 Å². The van der Waals surface area contributed by atoms with Crippen molar-refractivity contribution in [1.82, 2.24) is 10.2 Å². The fraction of sp³-hybridized carbons (Fsp3) is 0.500. The van der Waals surface area contributed by atoms with E-state index in [1.54, 1.807) is 0 Å². The van der Waals surface area contributed by atoms with Gasteiger partial charge in [0.1, 0.15) is 0 Å². The molecule has 5 rings (SSSR count). The number of amides is 1. The van der Waals surface area contributed by atoms with Crippen LogP contribution in [0.15, 0.2) is 24.3 Å². The maximum atomic E-state index is 12.8. The lowest BCUT2D eigenvalue weighted by Crippen LogP contribution is -2.69. The number of piperidine rings is 3. The number of halogens is 1. The summed E-state index contributed by atoms with van der Waals surface area (Å²) in [6, 6.07) is 7.97. The maximum Gasteiger partial charge on any atom is 0.261 e. The van der Waals surface area contributed by atoms with Crippen LogP contribution in [0.3, 0.4) is 0 Å². The lowest BCUT2D eigenvalue weighted by Gasteiger charge is -2.56. The number of thiophene rings is 1. The highest BCUT2D eigenvalue weighted by molar-refractivity contribution is 7.20. The lowest BCUT2D eigenvalue weighted by molar-refractivity contribution is -0.0377. The Hall–Kier alpha value is -1.10. The number of nitrogens with one attached hydrogen (secondary N) is 1. The Balaban J connectivity index is 1.59. The van der Waals surface area contributed by atoms with Crippen LogP contribution in [0.5, 0.6) is 0 Å². The van der Waals surface area contributed by atoms with Crippen molar-refractivity contribution in [2.24, 2.45) is 5.92 Å². The zero-order chi connectivity index (χ0) is 16.2. The number of benzene rings is 1. The minimum Gasteiger partial charge on any atom is -0.346 e. The molecule has 3 nitrogen and oxygen atoms in total. The van der Waals surface area contributed by atoms with E-state index in [-0.39, 0.29) is 17.5 Å². The number of nitrogens with zero attached hydrogens (tertiary/aromatic N) is 1. The summed E-state index contributed by atoms with van der Waals surface area (Å²) in [5.41, 5.74) is 0.0385. The number of carbonyl (C=O) groups is 1. The van der Waals surface area contributed by atoms with Crippen LogP contribution >= 0.6 is 22.9 Å². The summed E-state index contributed by atoms with van der Waals surface area (Å²) in [6.07, 6.45) is 2.38. The molecule has 0 spiro atoms. The van der Waals surface area contributed by atoms with Gasteiger partial charge in [-0.2, -0.15) is 0 Å². The molecule has 23 heavy (non-hydrogen) atoms. The van der Waals surface area contributed by atoms with Gasteiger partial charge in [0.15, 0.2) is 0 Å². The molecule has 4 heterocycles. The molecule has 3 aliphatic heterocycles. The van der Waals surface area contributed by atoms with Crippen LogP contribution in [0, 0.1) is 5.92 Å². The second-order valence-corrected chi connectivity index (χ2v) is 8.74. The predicted octanol–water partition coefficient (Wildman–Crippen LogP) is 4.16. The molecule has 1 unspecified atom stereocenters. The molecule has 1 aromatic heterocycles. The van der Waals surface area contributed by atoms with E-state index in [0.29, 0.717) is 10.9 Å². The Morgan fingerprint density at radius 1 is 1.30 bits per heavy atom. The largest absolute Gasteiger partial charge is 0.346 e. The molecule has 0 saturated carbocycles. The van der Waals surface area contributed by atoms with Crippen LogP contribution in [-0.4, -0.2) is 35.5 Å². The van der Waals surface area contributed by atoms with Gasteiger partial charge in [0.25, 0.3) is 5.91 Å². The van der Waals surface area contributed by atoms with Crippen molar-refractivity contribution < 1.29 is 4.79 Å². The second-order valence-electron chi connectivity index (χ2n) is 7.22. The third kappa shape index (κ3) is 2.57. The van der Waals surface area contributed by atoms with E-state index in [2.05, 4.69) is 24.1 Å². The SMILES string of the molecule is CC1(C)C(NC(=O)c2cc3ccc(Cl)cc3s2)C2CCN1CC2. The van der Waals surface area contributed by atoms with Gasteiger partial charge in [0, 0.05) is 21.3 Å². The van der Waals surface area contributed by atoms with E-state index in [0.717, 1.165) is 28.1 Å². The molecule has 3 saturated heterocycles. The van der Waals surface area contributed by atoms with Gasteiger partial charge in [-0.05, 0) is 69.3 Å². The Labute approximate surface area is 145 Å². The van der Waals surface area contributed by atoms with Crippen molar-refractivity contribution in [2.75, 3.05) is 13.1 Å². The highest BCUT2D eigenvalue weighted by Crippen LogP contribution is 2.39. The average Bonchev–Trinajstić information content (AvgIpc) is 2.94. The minimum atomic E-state index is 0.0385. The zero-order valence-corrected chi connectivity index (χ0v) is 15.0. The quantitative estimate of drug-likeness (QED) is 0.883. The normalized spacial score (nSPS) is 28.9. The van der Waals surface area contributed by atoms with Crippen LogP contribution < -0.4 is 5.32 Å². The molecule has 2 bridgehead atoms. The highest BCUT2D eigenvalue weighted by Gasteiger charge is 2.48. The first-order valence-electron chi connectivity index (χ1n) is 8.20. The Morgan fingerprint density at radius 2 is 2.04 bits per heavy atom. The van der Waals surface area contributed by atoms with E-state index in [1.165, 1.54) is 24.2 Å². The van der Waals surface area contributed by atoms with Crippen LogP contribution in [0.25, 0.3) is 10.1 Å². The van der Waals surface area contributed by atoms with Gasteiger partial charge in [-0.3, -0.25) is 9.69 Å². The van der Waals surface area contributed by atoms with E-state index in [9.17, 15) is 4.79 Å². The molecule has 1 N–H and O–H groups in total. The fourth-order valence-corrected chi connectivity index (χ4v) is 5.45. The molecule has 0 radical (unpaired) electrons. The summed E-state index contributed by atoms with van der Waals surface area (Å²) in [7, 11) is 0. The molecule has 1 amide bonds. The minimum absolute atomic E-state index is 0.0385. The molecule has 5 heteroatoms. The van der Waals surface area contributed by atoms with Crippen molar-refractivity contribution in [1.29, 1.82) is 0 Å². The number of hydrogen-bond donors (Lipinski definition) is 1. The van der Waals surface area contributed by atoms with Gasteiger partial charge in [-0.1, -0.05) is 17.7 Å². The molecule has 0 aliphatic carbocycles. The summed E-state index contributed by atoms with van der Waals surface area (Å²) in [5, 5.41) is 5.12. The molecule has 2 aromatic rings. The van der Waals surface area contributed by atoms with E-state index in [1.807, 2.05) is 24.3 Å². The van der Waals surface area contributed by atoms with Crippen molar-refractivity contribution in [3.05, 3.63) is 34.2 Å². The van der Waals surface area contributed by atoms with Crippen LogP contribution in [0.2, 0.25) is 5.02 Å². The second kappa shape index (κ2) is 5.47. The zero-order valence-electron chi connectivity index (χ0n) is 13.4. The monoisotopic (exact) mass is 348 g/mol. The fourth-order valence-electron chi connectivity index (χ4n) is 4.21. The Kier molecular flexibility index (Phi) is 3.67. The van der Waals surface area contributed by atoms with Crippen molar-refractivity contribution in [3.63, 3.8) is 0 Å². The van der Waals surface area contributed by atoms with E-state index < -0.39 is 0 Å². The molecule has 122 valence electrons. The predicted molar refractivity (Wildman–Crippen MR) is 96.5 cm³/mol. The maximum absolute atomic E-state index is 12.8. The van der Waals surface area contributed by atoms with Gasteiger partial charge >= 0.3 is 0 Å². The smallest absolute Gasteiger partial charge is 0.261 e. The summed E-state index contributed by atoms with van der Waals surface area (Å²) in [4.78, 5) is 16.1. The van der Waals surface area contributed by atoms with E-state index in [4.69, 9.17) is 11.6 Å². The summed E-state index contributed by atoms with van der Waals surface area (Å²) < 4.78 is 1.07. The Morgan fingerprint density at radius 3 is 2.74 bits per heavy atom. The van der Waals surface area contributed by atoms with Crippen molar-refractivity contribution >= 4 is 38.9 Å². The van der Waals surface area contributed by atoms with Crippen LogP contribution in [0.1, 0.15) is 36.4 Å². The van der Waals surface area contributed by atoms with Crippen LogP contribution in [-0.2, 0) is 0 Å². The highest BCUT2D eigenvalue weighted by atomic mass is 35.5. The number of hydrogen-bond acceptors (Lipinski definition) is 3. The molecule has 1 aromatic carbocycles. The van der Waals surface area contributed by atoms with Crippen molar-refractivity contribution in [2.45, 2.75) is 38.3 Å².